The number of rotatable bonds is 7. The Kier molecular flexibility index (Phi) is 13.3. The summed E-state index contributed by atoms with van der Waals surface area (Å²) in [5, 5.41) is 5.89. The van der Waals surface area contributed by atoms with Gasteiger partial charge in [0.15, 0.2) is 0 Å². The van der Waals surface area contributed by atoms with E-state index in [4.69, 9.17) is 0 Å². The molecule has 0 N–H and O–H groups in total. The maximum atomic E-state index is 9.75. The Morgan fingerprint density at radius 2 is 0.629 bits per heavy atom. The third-order valence-corrected chi connectivity index (χ3v) is 10.2. The van der Waals surface area contributed by atoms with Gasteiger partial charge in [-0.3, -0.25) is 0 Å². The van der Waals surface area contributed by atoms with Gasteiger partial charge in [-0.1, -0.05) is 121 Å². The van der Waals surface area contributed by atoms with Crippen LogP contribution in [0.25, 0.3) is 0 Å². The summed E-state index contributed by atoms with van der Waals surface area (Å²) >= 11 is 3.88. The molecule has 0 radical (unpaired) electrons. The summed E-state index contributed by atoms with van der Waals surface area (Å²) in [6.07, 6.45) is 2.41. The monoisotopic (exact) mass is 558 g/mol. The molecule has 0 nitrogen and oxygen atoms in total. The van der Waals surface area contributed by atoms with E-state index in [0.717, 1.165) is 0 Å². The standard InChI is InChI=1S/C26H24P2.CH3.BF4.Ni/c1-5-13-23(14-6-1)27(24-15-7-2-8-16-24)21-22-28(25-17-9-3-10-18-25)26-19-11-4-12-20-26;;2-1(3,4)5;/h1-20H,21-22H2;1H3;;/q;;-1;+1. The van der Waals surface area contributed by atoms with Gasteiger partial charge in [-0.05, 0) is 49.4 Å². The molecule has 0 fully saturated rings. The van der Waals surface area contributed by atoms with E-state index in [0.29, 0.717) is 0 Å². The molecule has 0 amide bonds. The Morgan fingerprint density at radius 1 is 0.457 bits per heavy atom. The van der Waals surface area contributed by atoms with Gasteiger partial charge in [0.25, 0.3) is 0 Å². The Labute approximate surface area is 216 Å². The molecule has 0 saturated heterocycles. The molecular formula is C27H27BF4NiP2. The van der Waals surface area contributed by atoms with Gasteiger partial charge in [-0.15, -0.1) is 0 Å². The van der Waals surface area contributed by atoms with Crippen LogP contribution in [0.1, 0.15) is 0 Å². The van der Waals surface area contributed by atoms with Crippen molar-refractivity contribution in [3.63, 3.8) is 0 Å². The molecule has 0 saturated carbocycles. The first-order valence-electron chi connectivity index (χ1n) is 10.9. The molecule has 0 heterocycles. The second-order valence-electron chi connectivity index (χ2n) is 7.14. The summed E-state index contributed by atoms with van der Waals surface area (Å²) < 4.78 is 39.0. The van der Waals surface area contributed by atoms with Crippen LogP contribution in [0.4, 0.5) is 17.3 Å². The minimum atomic E-state index is -6.00. The van der Waals surface area contributed by atoms with Gasteiger partial charge in [0.2, 0.25) is 0 Å². The fourth-order valence-electron chi connectivity index (χ4n) is 3.45. The third kappa shape index (κ3) is 11.1. The van der Waals surface area contributed by atoms with Crippen molar-refractivity contribution in [2.45, 2.75) is 5.89 Å². The van der Waals surface area contributed by atoms with E-state index in [1.54, 1.807) is 5.89 Å². The zero-order chi connectivity index (χ0) is 25.5. The summed E-state index contributed by atoms with van der Waals surface area (Å²) in [5.74, 6) is 1.62. The molecule has 0 unspecified atom stereocenters. The molecule has 4 aromatic carbocycles. The molecule has 4 rings (SSSR count). The minimum Gasteiger partial charge on any atom is -0.0622 e. The smallest absolute Gasteiger partial charge is 0.0195 e. The quantitative estimate of drug-likeness (QED) is 0.129. The Morgan fingerprint density at radius 3 is 0.800 bits per heavy atom. The summed E-state index contributed by atoms with van der Waals surface area (Å²) in [7, 11) is -6.70. The fraction of sp³-hybridized carbons (Fsp3) is 0.111. The molecule has 0 spiro atoms. The maximum absolute atomic E-state index is 9.75. The molecule has 4 aromatic rings. The van der Waals surface area contributed by atoms with Crippen molar-refractivity contribution in [3.05, 3.63) is 121 Å². The Bertz CT molecular complexity index is 902. The number of hydrogen-bond donors (Lipinski definition) is 0. The van der Waals surface area contributed by atoms with Crippen LogP contribution >= 0.6 is 15.8 Å². The van der Waals surface area contributed by atoms with Crippen molar-refractivity contribution in [2.75, 3.05) is 12.3 Å². The number of halogens is 4. The summed E-state index contributed by atoms with van der Waals surface area (Å²) in [4.78, 5) is 0. The van der Waals surface area contributed by atoms with Crippen LogP contribution in [0.2, 0.25) is 5.89 Å². The molecule has 8 heteroatoms. The van der Waals surface area contributed by atoms with Gasteiger partial charge < -0.3 is 17.3 Å². The van der Waals surface area contributed by atoms with Crippen LogP contribution in [-0.4, -0.2) is 19.6 Å². The maximum Gasteiger partial charge on any atom is -0.0195 e. The van der Waals surface area contributed by atoms with Gasteiger partial charge in [0.1, 0.15) is 0 Å². The van der Waals surface area contributed by atoms with Crippen molar-refractivity contribution < 1.29 is 32.7 Å². The molecule has 35 heavy (non-hydrogen) atoms. The number of benzene rings is 4. The molecular weight excluding hydrogens is 532 g/mol. The first-order valence-corrected chi connectivity index (χ1v) is 14.9. The summed E-state index contributed by atoms with van der Waals surface area (Å²) in [5.41, 5.74) is 0. The van der Waals surface area contributed by atoms with Crippen molar-refractivity contribution in [1.29, 1.82) is 0 Å². The predicted molar refractivity (Wildman–Crippen MR) is 144 cm³/mol. The van der Waals surface area contributed by atoms with Crippen molar-refractivity contribution in [2.24, 2.45) is 0 Å². The molecule has 0 aliphatic carbocycles. The minimum absolute atomic E-state index is 0.348. The van der Waals surface area contributed by atoms with Crippen LogP contribution in [0.3, 0.4) is 0 Å². The van der Waals surface area contributed by atoms with Gasteiger partial charge in [-0.2, -0.15) is 0 Å². The van der Waals surface area contributed by atoms with Crippen molar-refractivity contribution in [3.8, 4) is 0 Å². The van der Waals surface area contributed by atoms with E-state index in [1.165, 1.54) is 33.5 Å². The first kappa shape index (κ1) is 29.3. The first-order chi connectivity index (χ1) is 16.9. The largest absolute Gasteiger partial charge is 0.0622 e. The molecule has 0 aromatic heterocycles. The van der Waals surface area contributed by atoms with E-state index in [9.17, 15) is 17.3 Å². The van der Waals surface area contributed by atoms with Gasteiger partial charge in [0, 0.05) is 0 Å². The predicted octanol–water partition coefficient (Wildman–Crippen LogP) is 7.13. The molecule has 0 aliphatic heterocycles. The Balaban J connectivity index is 0.000000551. The van der Waals surface area contributed by atoms with Crippen LogP contribution in [-0.2, 0) is 15.5 Å². The molecule has 186 valence electrons. The summed E-state index contributed by atoms with van der Waals surface area (Å²) in [6.45, 7) is 0. The van der Waals surface area contributed by atoms with Crippen LogP contribution in [0, 0.1) is 0 Å². The van der Waals surface area contributed by atoms with Crippen molar-refractivity contribution >= 4 is 44.3 Å². The van der Waals surface area contributed by atoms with Gasteiger partial charge >= 0.3 is 28.6 Å². The SMILES string of the molecule is F[B-](F)(F)F.[CH3][Ni+].c1ccc(P(CCP(c2ccccc2)c2ccccc2)c2ccccc2)cc1. The van der Waals surface area contributed by atoms with Crippen LogP contribution in [0.15, 0.2) is 121 Å². The van der Waals surface area contributed by atoms with Gasteiger partial charge in [0.05, 0.1) is 0 Å². The zero-order valence-electron chi connectivity index (χ0n) is 19.3. The average Bonchev–Trinajstić information content (AvgIpc) is 2.89. The van der Waals surface area contributed by atoms with E-state index >= 15 is 0 Å². The van der Waals surface area contributed by atoms with Crippen LogP contribution in [0.5, 0.6) is 0 Å². The van der Waals surface area contributed by atoms with E-state index in [-0.39, 0.29) is 15.8 Å². The molecule has 0 aliphatic rings. The normalized spacial score (nSPS) is 10.8. The van der Waals surface area contributed by atoms with E-state index in [2.05, 4.69) is 137 Å². The van der Waals surface area contributed by atoms with Crippen molar-refractivity contribution in [1.82, 2.24) is 0 Å². The summed E-state index contributed by atoms with van der Waals surface area (Å²) in [6, 6.07) is 44.2. The topological polar surface area (TPSA) is 0 Å². The van der Waals surface area contributed by atoms with E-state index in [1.807, 2.05) is 0 Å². The van der Waals surface area contributed by atoms with E-state index < -0.39 is 7.25 Å². The average molecular weight is 559 g/mol. The molecule has 0 atom stereocenters. The second-order valence-corrected chi connectivity index (χ2v) is 11.8. The number of hydrogen-bond acceptors (Lipinski definition) is 0. The van der Waals surface area contributed by atoms with Crippen LogP contribution < -0.4 is 21.2 Å². The third-order valence-electron chi connectivity index (χ3n) is 4.82. The zero-order valence-corrected chi connectivity index (χ0v) is 22.0. The molecule has 0 bridgehead atoms. The Hall–Kier alpha value is -1.98. The second kappa shape index (κ2) is 15.9. The van der Waals surface area contributed by atoms with Gasteiger partial charge in [-0.25, -0.2) is 0 Å². The fourth-order valence-corrected chi connectivity index (χ4v) is 8.80.